The van der Waals surface area contributed by atoms with Gasteiger partial charge in [-0.15, -0.1) is 0 Å². The predicted molar refractivity (Wildman–Crippen MR) is 59.2 cm³/mol. The molecule has 86 valence electrons. The summed E-state index contributed by atoms with van der Waals surface area (Å²) < 4.78 is 0. The molecule has 0 spiro atoms. The second-order valence-corrected chi connectivity index (χ2v) is 4.28. The summed E-state index contributed by atoms with van der Waals surface area (Å²) >= 11 is 0. The fraction of sp³-hybridized carbons (Fsp3) is 0.417. The van der Waals surface area contributed by atoms with Crippen LogP contribution in [-0.4, -0.2) is 28.3 Å². The van der Waals surface area contributed by atoms with Gasteiger partial charge in [0.05, 0.1) is 11.2 Å². The van der Waals surface area contributed by atoms with E-state index in [9.17, 15) is 15.0 Å². The lowest BCUT2D eigenvalue weighted by atomic mass is 9.80. The van der Waals surface area contributed by atoms with E-state index >= 15 is 0 Å². The monoisotopic (exact) mass is 221 g/mol. The lowest BCUT2D eigenvalue weighted by Gasteiger charge is -2.36. The molecule has 1 aliphatic carbocycles. The smallest absolute Gasteiger partial charge is 0.255 e. The van der Waals surface area contributed by atoms with Crippen LogP contribution in [-0.2, 0) is 0 Å². The number of para-hydroxylation sites is 1. The van der Waals surface area contributed by atoms with Crippen LogP contribution in [0.2, 0.25) is 0 Å². The van der Waals surface area contributed by atoms with Crippen molar-refractivity contribution in [1.82, 2.24) is 5.32 Å². The van der Waals surface area contributed by atoms with Gasteiger partial charge in [0.25, 0.3) is 5.91 Å². The van der Waals surface area contributed by atoms with E-state index in [0.29, 0.717) is 0 Å². The minimum atomic E-state index is -0.736. The Morgan fingerprint density at radius 3 is 2.62 bits per heavy atom. The van der Waals surface area contributed by atoms with Crippen molar-refractivity contribution in [2.45, 2.75) is 24.9 Å². The Morgan fingerprint density at radius 2 is 2.06 bits per heavy atom. The molecule has 0 aromatic heterocycles. The summed E-state index contributed by atoms with van der Waals surface area (Å²) in [6, 6.07) is 6.36. The highest BCUT2D eigenvalue weighted by molar-refractivity contribution is 5.96. The first-order valence-electron chi connectivity index (χ1n) is 5.39. The highest BCUT2D eigenvalue weighted by atomic mass is 16.3. The maximum Gasteiger partial charge on any atom is 0.255 e. The maximum absolute atomic E-state index is 11.7. The van der Waals surface area contributed by atoms with Gasteiger partial charge >= 0.3 is 0 Å². The van der Waals surface area contributed by atoms with Crippen LogP contribution in [0.4, 0.5) is 0 Å². The van der Waals surface area contributed by atoms with Crippen LogP contribution in [0.5, 0.6) is 5.75 Å². The van der Waals surface area contributed by atoms with Gasteiger partial charge in [-0.2, -0.15) is 0 Å². The largest absolute Gasteiger partial charge is 0.507 e. The van der Waals surface area contributed by atoms with Crippen LogP contribution >= 0.6 is 0 Å². The number of aromatic hydroxyl groups is 1. The van der Waals surface area contributed by atoms with Crippen LogP contribution in [0.25, 0.3) is 0 Å². The highest BCUT2D eigenvalue weighted by Gasteiger charge is 2.34. The van der Waals surface area contributed by atoms with E-state index in [1.807, 2.05) is 0 Å². The Balaban J connectivity index is 1.96. The number of carbonyl (C=O) groups is 1. The Bertz CT molecular complexity index is 399. The van der Waals surface area contributed by atoms with Crippen molar-refractivity contribution < 1.29 is 15.0 Å². The summed E-state index contributed by atoms with van der Waals surface area (Å²) in [7, 11) is 0. The van der Waals surface area contributed by atoms with Crippen molar-refractivity contribution in [2.24, 2.45) is 0 Å². The first-order valence-corrected chi connectivity index (χ1v) is 5.39. The van der Waals surface area contributed by atoms with Gasteiger partial charge < -0.3 is 15.5 Å². The van der Waals surface area contributed by atoms with Gasteiger partial charge in [-0.25, -0.2) is 0 Å². The van der Waals surface area contributed by atoms with Gasteiger partial charge in [0.15, 0.2) is 0 Å². The van der Waals surface area contributed by atoms with E-state index in [-0.39, 0.29) is 23.8 Å². The van der Waals surface area contributed by atoms with Crippen molar-refractivity contribution in [1.29, 1.82) is 0 Å². The fourth-order valence-corrected chi connectivity index (χ4v) is 1.77. The van der Waals surface area contributed by atoms with Crippen molar-refractivity contribution in [3.05, 3.63) is 29.8 Å². The van der Waals surface area contributed by atoms with Crippen LogP contribution in [0.15, 0.2) is 24.3 Å². The van der Waals surface area contributed by atoms with E-state index < -0.39 is 5.60 Å². The molecular weight excluding hydrogens is 206 g/mol. The Hall–Kier alpha value is -1.55. The molecule has 16 heavy (non-hydrogen) atoms. The maximum atomic E-state index is 11.7. The molecule has 1 saturated carbocycles. The molecule has 1 aromatic rings. The Kier molecular flexibility index (Phi) is 2.83. The number of amides is 1. The SMILES string of the molecule is O=C(NCC1(O)CCC1)c1ccccc1O. The normalized spacial score (nSPS) is 17.6. The molecule has 0 unspecified atom stereocenters. The minimum Gasteiger partial charge on any atom is -0.507 e. The number of carbonyl (C=O) groups excluding carboxylic acids is 1. The van der Waals surface area contributed by atoms with Crippen LogP contribution in [0.3, 0.4) is 0 Å². The van der Waals surface area contributed by atoms with E-state index in [1.165, 1.54) is 6.07 Å². The molecule has 2 rings (SSSR count). The van der Waals surface area contributed by atoms with Gasteiger partial charge in [0.2, 0.25) is 0 Å². The quantitative estimate of drug-likeness (QED) is 0.714. The van der Waals surface area contributed by atoms with Crippen LogP contribution < -0.4 is 5.32 Å². The molecule has 4 heteroatoms. The molecular formula is C12H15NO3. The zero-order valence-electron chi connectivity index (χ0n) is 8.94. The molecule has 0 atom stereocenters. The van der Waals surface area contributed by atoms with Crippen LogP contribution in [0.1, 0.15) is 29.6 Å². The second kappa shape index (κ2) is 4.14. The number of rotatable bonds is 3. The molecule has 1 aliphatic rings. The average molecular weight is 221 g/mol. The number of benzene rings is 1. The first-order chi connectivity index (χ1) is 7.61. The summed E-state index contributed by atoms with van der Waals surface area (Å²) in [5.74, 6) is -0.390. The van der Waals surface area contributed by atoms with E-state index in [1.54, 1.807) is 18.2 Å². The van der Waals surface area contributed by atoms with E-state index in [0.717, 1.165) is 19.3 Å². The topological polar surface area (TPSA) is 69.6 Å². The van der Waals surface area contributed by atoms with Crippen molar-refractivity contribution in [3.8, 4) is 5.75 Å². The summed E-state index contributed by atoms with van der Waals surface area (Å²) in [5, 5.41) is 21.9. The Labute approximate surface area is 93.9 Å². The molecule has 1 fully saturated rings. The van der Waals surface area contributed by atoms with E-state index in [2.05, 4.69) is 5.32 Å². The molecule has 0 radical (unpaired) electrons. The summed E-state index contributed by atoms with van der Waals surface area (Å²) in [5.41, 5.74) is -0.495. The van der Waals surface area contributed by atoms with Crippen LogP contribution in [0, 0.1) is 0 Å². The lowest BCUT2D eigenvalue weighted by molar-refractivity contribution is -0.0300. The number of nitrogens with one attached hydrogen (secondary N) is 1. The second-order valence-electron chi connectivity index (χ2n) is 4.28. The fourth-order valence-electron chi connectivity index (χ4n) is 1.77. The van der Waals surface area contributed by atoms with Gasteiger partial charge in [-0.05, 0) is 31.4 Å². The third-order valence-corrected chi connectivity index (χ3v) is 3.01. The zero-order valence-corrected chi connectivity index (χ0v) is 8.94. The molecule has 1 amide bonds. The predicted octanol–water partition coefficient (Wildman–Crippen LogP) is 1.04. The number of aliphatic hydroxyl groups is 1. The first kappa shape index (κ1) is 11.0. The summed E-state index contributed by atoms with van der Waals surface area (Å²) in [6.45, 7) is 0.250. The highest BCUT2D eigenvalue weighted by Crippen LogP contribution is 2.30. The molecule has 0 saturated heterocycles. The molecule has 3 N–H and O–H groups in total. The lowest BCUT2D eigenvalue weighted by Crippen LogP contribution is -2.47. The van der Waals surface area contributed by atoms with Gasteiger partial charge in [0.1, 0.15) is 5.75 Å². The molecule has 1 aromatic carbocycles. The summed E-state index contributed by atoms with van der Waals surface area (Å²) in [4.78, 5) is 11.7. The molecule has 4 nitrogen and oxygen atoms in total. The van der Waals surface area contributed by atoms with Crippen molar-refractivity contribution in [3.63, 3.8) is 0 Å². The van der Waals surface area contributed by atoms with Crippen molar-refractivity contribution in [2.75, 3.05) is 6.54 Å². The van der Waals surface area contributed by atoms with Gasteiger partial charge in [0, 0.05) is 6.54 Å². The number of phenolic OH excluding ortho intramolecular Hbond substituents is 1. The molecule has 0 aliphatic heterocycles. The summed E-state index contributed by atoms with van der Waals surface area (Å²) in [6.07, 6.45) is 2.46. The molecule has 0 heterocycles. The Morgan fingerprint density at radius 1 is 1.38 bits per heavy atom. The standard InChI is InChI=1S/C12H15NO3/c14-10-5-2-1-4-9(10)11(15)13-8-12(16)6-3-7-12/h1-2,4-5,14,16H,3,6-8H2,(H,13,15). The zero-order chi connectivity index (χ0) is 11.6. The minimum absolute atomic E-state index is 0.0411. The number of hydrogen-bond donors (Lipinski definition) is 3. The average Bonchev–Trinajstić information content (AvgIpc) is 2.24. The third-order valence-electron chi connectivity index (χ3n) is 3.01. The number of phenols is 1. The number of hydrogen-bond acceptors (Lipinski definition) is 3. The molecule has 0 bridgehead atoms. The third kappa shape index (κ3) is 2.17. The van der Waals surface area contributed by atoms with Gasteiger partial charge in [-0.3, -0.25) is 4.79 Å². The van der Waals surface area contributed by atoms with Gasteiger partial charge in [-0.1, -0.05) is 12.1 Å². The van der Waals surface area contributed by atoms with Crippen molar-refractivity contribution >= 4 is 5.91 Å². The van der Waals surface area contributed by atoms with E-state index in [4.69, 9.17) is 0 Å².